The number of nitrogens with zero attached hydrogens (tertiary/aromatic N) is 1. The summed E-state index contributed by atoms with van der Waals surface area (Å²) in [5, 5.41) is 5.88. The standard InChI is InChI=1S/C20H26F2N4O2S.HI/c1-20(2,3)26-29(27,28)18-8-6-5-7-14(18)12-24-19(23-4)25-13-15-11-16(21)9-10-17(15)22;/h5-11,26H,12-13H2,1-4H3,(H2,23,24,25);1H. The van der Waals surface area contributed by atoms with Crippen molar-refractivity contribution in [1.29, 1.82) is 0 Å². The summed E-state index contributed by atoms with van der Waals surface area (Å²) >= 11 is 0. The molecule has 0 unspecified atom stereocenters. The number of guanidine groups is 1. The molecule has 10 heteroatoms. The largest absolute Gasteiger partial charge is 0.352 e. The van der Waals surface area contributed by atoms with E-state index < -0.39 is 27.2 Å². The third-order valence-electron chi connectivity index (χ3n) is 3.83. The highest BCUT2D eigenvalue weighted by Crippen LogP contribution is 2.17. The highest BCUT2D eigenvalue weighted by molar-refractivity contribution is 14.0. The Kier molecular flexibility index (Phi) is 9.63. The molecule has 0 saturated carbocycles. The lowest BCUT2D eigenvalue weighted by Crippen LogP contribution is -2.41. The van der Waals surface area contributed by atoms with Gasteiger partial charge in [0, 0.05) is 31.2 Å². The first-order valence-electron chi connectivity index (χ1n) is 9.02. The summed E-state index contributed by atoms with van der Waals surface area (Å²) < 4.78 is 55.1. The molecule has 0 heterocycles. The van der Waals surface area contributed by atoms with Gasteiger partial charge in [0.25, 0.3) is 0 Å². The number of aliphatic imine (C=N–C) groups is 1. The highest BCUT2D eigenvalue weighted by Gasteiger charge is 2.24. The lowest BCUT2D eigenvalue weighted by Gasteiger charge is -2.22. The zero-order valence-electron chi connectivity index (χ0n) is 17.3. The Balaban J connectivity index is 0.00000450. The molecule has 30 heavy (non-hydrogen) atoms. The second-order valence-corrected chi connectivity index (χ2v) is 9.13. The first-order chi connectivity index (χ1) is 13.5. The molecule has 6 nitrogen and oxygen atoms in total. The van der Waals surface area contributed by atoms with Crippen LogP contribution in [0.25, 0.3) is 0 Å². The molecule has 0 atom stereocenters. The Hall–Kier alpha value is -1.79. The number of sulfonamides is 1. The van der Waals surface area contributed by atoms with Gasteiger partial charge in [0.1, 0.15) is 11.6 Å². The minimum Gasteiger partial charge on any atom is -0.352 e. The van der Waals surface area contributed by atoms with Gasteiger partial charge in [-0.25, -0.2) is 21.9 Å². The molecule has 0 aliphatic heterocycles. The van der Waals surface area contributed by atoms with Gasteiger partial charge < -0.3 is 10.6 Å². The van der Waals surface area contributed by atoms with Gasteiger partial charge in [0.2, 0.25) is 10.0 Å². The van der Waals surface area contributed by atoms with Gasteiger partial charge in [0.05, 0.1) is 4.90 Å². The first kappa shape index (κ1) is 26.2. The van der Waals surface area contributed by atoms with Crippen molar-refractivity contribution < 1.29 is 17.2 Å². The predicted octanol–water partition coefficient (Wildman–Crippen LogP) is 3.52. The Morgan fingerprint density at radius 2 is 1.60 bits per heavy atom. The lowest BCUT2D eigenvalue weighted by atomic mass is 10.1. The topological polar surface area (TPSA) is 82.6 Å². The van der Waals surface area contributed by atoms with Crippen molar-refractivity contribution in [3.8, 4) is 0 Å². The van der Waals surface area contributed by atoms with Crippen molar-refractivity contribution in [2.45, 2.75) is 44.3 Å². The van der Waals surface area contributed by atoms with E-state index in [4.69, 9.17) is 0 Å². The van der Waals surface area contributed by atoms with Gasteiger partial charge in [-0.3, -0.25) is 4.99 Å². The van der Waals surface area contributed by atoms with E-state index in [2.05, 4.69) is 20.3 Å². The molecular weight excluding hydrogens is 525 g/mol. The molecule has 3 N–H and O–H groups in total. The fourth-order valence-corrected chi connectivity index (χ4v) is 4.29. The van der Waals surface area contributed by atoms with Crippen LogP contribution in [0.5, 0.6) is 0 Å². The minimum absolute atomic E-state index is 0. The summed E-state index contributed by atoms with van der Waals surface area (Å²) in [4.78, 5) is 4.20. The fraction of sp³-hybridized carbons (Fsp3) is 0.350. The molecule has 0 amide bonds. The van der Waals surface area contributed by atoms with E-state index in [1.807, 2.05) is 0 Å². The van der Waals surface area contributed by atoms with Gasteiger partial charge in [-0.15, -0.1) is 24.0 Å². The molecule has 0 aromatic heterocycles. The summed E-state index contributed by atoms with van der Waals surface area (Å²) in [6.07, 6.45) is 0. The zero-order valence-corrected chi connectivity index (χ0v) is 20.4. The molecular formula is C20H27F2IN4O2S. The molecule has 2 rings (SSSR count). The number of hydrogen-bond donors (Lipinski definition) is 3. The Morgan fingerprint density at radius 1 is 1.00 bits per heavy atom. The van der Waals surface area contributed by atoms with E-state index in [0.29, 0.717) is 11.5 Å². The second kappa shape index (κ2) is 11.0. The van der Waals surface area contributed by atoms with Crippen LogP contribution in [0.3, 0.4) is 0 Å². The fourth-order valence-electron chi connectivity index (χ4n) is 2.63. The van der Waals surface area contributed by atoms with Crippen LogP contribution in [-0.2, 0) is 23.1 Å². The number of nitrogens with one attached hydrogen (secondary N) is 3. The van der Waals surface area contributed by atoms with Crippen LogP contribution in [0, 0.1) is 11.6 Å². The number of halogens is 3. The van der Waals surface area contributed by atoms with E-state index in [1.165, 1.54) is 13.1 Å². The van der Waals surface area contributed by atoms with Crippen molar-refractivity contribution in [1.82, 2.24) is 15.4 Å². The van der Waals surface area contributed by atoms with Gasteiger partial charge in [-0.2, -0.15) is 0 Å². The van der Waals surface area contributed by atoms with Crippen LogP contribution >= 0.6 is 24.0 Å². The van der Waals surface area contributed by atoms with Crippen molar-refractivity contribution in [3.05, 3.63) is 65.2 Å². The quantitative estimate of drug-likeness (QED) is 0.291. The molecule has 0 saturated heterocycles. The van der Waals surface area contributed by atoms with Crippen LogP contribution in [0.4, 0.5) is 8.78 Å². The van der Waals surface area contributed by atoms with Crippen molar-refractivity contribution in [2.24, 2.45) is 4.99 Å². The lowest BCUT2D eigenvalue weighted by molar-refractivity contribution is 0.491. The maximum absolute atomic E-state index is 13.8. The predicted molar refractivity (Wildman–Crippen MR) is 125 cm³/mol. The highest BCUT2D eigenvalue weighted by atomic mass is 127. The smallest absolute Gasteiger partial charge is 0.241 e. The van der Waals surface area contributed by atoms with Crippen molar-refractivity contribution >= 4 is 40.0 Å². The Morgan fingerprint density at radius 3 is 2.20 bits per heavy atom. The molecule has 2 aromatic rings. The summed E-state index contributed by atoms with van der Waals surface area (Å²) in [5.74, 6) is -0.736. The minimum atomic E-state index is -3.71. The number of benzene rings is 2. The average Bonchev–Trinajstić information content (AvgIpc) is 2.63. The van der Waals surface area contributed by atoms with Crippen LogP contribution in [0.1, 0.15) is 31.9 Å². The third kappa shape index (κ3) is 7.80. The van der Waals surface area contributed by atoms with Crippen molar-refractivity contribution in [2.75, 3.05) is 7.05 Å². The molecule has 0 bridgehead atoms. The third-order valence-corrected chi connectivity index (χ3v) is 5.69. The van der Waals surface area contributed by atoms with Crippen LogP contribution in [0.15, 0.2) is 52.4 Å². The van der Waals surface area contributed by atoms with Gasteiger partial charge in [0.15, 0.2) is 5.96 Å². The molecule has 2 aromatic carbocycles. The molecule has 0 spiro atoms. The van der Waals surface area contributed by atoms with E-state index in [0.717, 1.165) is 18.2 Å². The summed E-state index contributed by atoms with van der Waals surface area (Å²) in [6, 6.07) is 9.84. The second-order valence-electron chi connectivity index (χ2n) is 7.48. The molecule has 0 aliphatic rings. The summed E-state index contributed by atoms with van der Waals surface area (Å²) in [7, 11) is -2.18. The van der Waals surface area contributed by atoms with E-state index >= 15 is 0 Å². The van der Waals surface area contributed by atoms with Crippen LogP contribution < -0.4 is 15.4 Å². The molecule has 0 aliphatic carbocycles. The molecule has 0 radical (unpaired) electrons. The van der Waals surface area contributed by atoms with Gasteiger partial charge in [-0.05, 0) is 50.6 Å². The number of hydrogen-bond acceptors (Lipinski definition) is 3. The molecule has 0 fully saturated rings. The van der Waals surface area contributed by atoms with Crippen molar-refractivity contribution in [3.63, 3.8) is 0 Å². The van der Waals surface area contributed by atoms with E-state index in [-0.39, 0.29) is 47.5 Å². The van der Waals surface area contributed by atoms with Gasteiger partial charge in [-0.1, -0.05) is 18.2 Å². The average molecular weight is 552 g/mol. The van der Waals surface area contributed by atoms with Crippen LogP contribution in [0.2, 0.25) is 0 Å². The normalized spacial score (nSPS) is 12.3. The Labute approximate surface area is 193 Å². The number of rotatable bonds is 6. The van der Waals surface area contributed by atoms with E-state index in [1.54, 1.807) is 39.0 Å². The zero-order chi connectivity index (χ0) is 21.7. The van der Waals surface area contributed by atoms with Gasteiger partial charge >= 0.3 is 0 Å². The molecule has 166 valence electrons. The Bertz CT molecular complexity index is 993. The monoisotopic (exact) mass is 552 g/mol. The maximum atomic E-state index is 13.8. The summed E-state index contributed by atoms with van der Waals surface area (Å²) in [6.45, 7) is 5.50. The SMILES string of the molecule is CN=C(NCc1cc(F)ccc1F)NCc1ccccc1S(=O)(=O)NC(C)(C)C.I. The summed E-state index contributed by atoms with van der Waals surface area (Å²) in [5.41, 5.74) is 0.0841. The maximum Gasteiger partial charge on any atom is 0.241 e. The van der Waals surface area contributed by atoms with Crippen LogP contribution in [-0.4, -0.2) is 27.0 Å². The first-order valence-corrected chi connectivity index (χ1v) is 10.5. The van der Waals surface area contributed by atoms with E-state index in [9.17, 15) is 17.2 Å².